The lowest BCUT2D eigenvalue weighted by molar-refractivity contribution is -0.136. The fraction of sp³-hybridized carbons (Fsp3) is 0.562. The van der Waals surface area contributed by atoms with Gasteiger partial charge in [-0.1, -0.05) is 37.1 Å². The lowest BCUT2D eigenvalue weighted by atomic mass is 9.76. The van der Waals surface area contributed by atoms with Gasteiger partial charge in [-0.25, -0.2) is 0 Å². The highest BCUT2D eigenvalue weighted by Gasteiger charge is 2.37. The molecule has 3 nitrogen and oxygen atoms in total. The van der Waals surface area contributed by atoms with Gasteiger partial charge in [-0.2, -0.15) is 0 Å². The number of likely N-dealkylation sites (tertiary alicyclic amines) is 1. The summed E-state index contributed by atoms with van der Waals surface area (Å²) in [6, 6.07) is 8.23. The summed E-state index contributed by atoms with van der Waals surface area (Å²) in [6.07, 6.45) is 5.16. The predicted molar refractivity (Wildman–Crippen MR) is 73.9 cm³/mol. The molecule has 0 aromatic heterocycles. The number of rotatable bonds is 2. The van der Waals surface area contributed by atoms with Crippen molar-refractivity contribution in [3.8, 4) is 0 Å². The van der Waals surface area contributed by atoms with Crippen LogP contribution in [0, 0.1) is 0 Å². The van der Waals surface area contributed by atoms with E-state index in [1.807, 2.05) is 17.0 Å². The van der Waals surface area contributed by atoms with E-state index in [1.54, 1.807) is 0 Å². The predicted octanol–water partition coefficient (Wildman–Crippen LogP) is 2.09. The molecule has 1 aliphatic carbocycles. The number of hydrogen-bond donors (Lipinski definition) is 1. The van der Waals surface area contributed by atoms with Gasteiger partial charge in [0, 0.05) is 6.54 Å². The number of nitrogens with zero attached hydrogens (tertiary/aromatic N) is 1. The van der Waals surface area contributed by atoms with Crippen LogP contribution in [0.4, 0.5) is 0 Å². The van der Waals surface area contributed by atoms with Crippen molar-refractivity contribution < 1.29 is 9.90 Å². The minimum Gasteiger partial charge on any atom is -0.394 e. The van der Waals surface area contributed by atoms with E-state index in [0.29, 0.717) is 0 Å². The SMILES string of the molecule is O=C(C1Cc2ccccc21)N1CCCCCC1CO. The van der Waals surface area contributed by atoms with Crippen LogP contribution in [0.5, 0.6) is 0 Å². The molecule has 1 saturated heterocycles. The molecule has 3 heteroatoms. The Balaban J connectivity index is 1.76. The Labute approximate surface area is 114 Å². The normalized spacial score (nSPS) is 26.3. The molecule has 1 aromatic rings. The molecule has 102 valence electrons. The molecule has 1 aromatic carbocycles. The second kappa shape index (κ2) is 5.33. The Morgan fingerprint density at radius 3 is 2.89 bits per heavy atom. The van der Waals surface area contributed by atoms with Crippen LogP contribution in [0.3, 0.4) is 0 Å². The number of benzene rings is 1. The molecule has 19 heavy (non-hydrogen) atoms. The van der Waals surface area contributed by atoms with Crippen molar-refractivity contribution in [2.75, 3.05) is 13.2 Å². The molecule has 1 N–H and O–H groups in total. The van der Waals surface area contributed by atoms with Gasteiger partial charge >= 0.3 is 0 Å². The zero-order valence-corrected chi connectivity index (χ0v) is 11.2. The molecule has 3 rings (SSSR count). The van der Waals surface area contributed by atoms with Crippen LogP contribution in [-0.4, -0.2) is 35.1 Å². The van der Waals surface area contributed by atoms with Crippen molar-refractivity contribution in [1.29, 1.82) is 0 Å². The maximum atomic E-state index is 12.7. The maximum Gasteiger partial charge on any atom is 0.230 e. The number of hydrogen-bond acceptors (Lipinski definition) is 2. The van der Waals surface area contributed by atoms with E-state index < -0.39 is 0 Å². The molecule has 2 aliphatic rings. The van der Waals surface area contributed by atoms with E-state index in [0.717, 1.165) is 32.2 Å². The Morgan fingerprint density at radius 2 is 2.11 bits per heavy atom. The summed E-state index contributed by atoms with van der Waals surface area (Å²) in [7, 11) is 0. The van der Waals surface area contributed by atoms with Crippen LogP contribution in [0.15, 0.2) is 24.3 Å². The topological polar surface area (TPSA) is 40.5 Å². The fourth-order valence-electron chi connectivity index (χ4n) is 3.34. The first-order valence-corrected chi connectivity index (χ1v) is 7.30. The van der Waals surface area contributed by atoms with Crippen molar-refractivity contribution in [2.24, 2.45) is 0 Å². The number of carbonyl (C=O) groups excluding carboxylic acids is 1. The summed E-state index contributed by atoms with van der Waals surface area (Å²) < 4.78 is 0. The highest BCUT2D eigenvalue weighted by molar-refractivity contribution is 5.87. The van der Waals surface area contributed by atoms with Gasteiger partial charge in [0.25, 0.3) is 0 Å². The van der Waals surface area contributed by atoms with Crippen LogP contribution in [0.25, 0.3) is 0 Å². The van der Waals surface area contributed by atoms with Crippen molar-refractivity contribution in [3.63, 3.8) is 0 Å². The summed E-state index contributed by atoms with van der Waals surface area (Å²) in [4.78, 5) is 14.6. The first kappa shape index (κ1) is 12.7. The summed E-state index contributed by atoms with van der Waals surface area (Å²) in [5, 5.41) is 9.51. The number of aliphatic hydroxyl groups is 1. The highest BCUT2D eigenvalue weighted by Crippen LogP contribution is 2.37. The molecule has 0 spiro atoms. The molecule has 1 heterocycles. The third-order valence-electron chi connectivity index (χ3n) is 4.52. The molecule has 1 amide bonds. The quantitative estimate of drug-likeness (QED) is 0.883. The second-order valence-electron chi connectivity index (χ2n) is 5.67. The fourth-order valence-corrected chi connectivity index (χ4v) is 3.34. The average molecular weight is 259 g/mol. The zero-order valence-electron chi connectivity index (χ0n) is 11.2. The second-order valence-corrected chi connectivity index (χ2v) is 5.67. The van der Waals surface area contributed by atoms with E-state index in [9.17, 15) is 9.90 Å². The Kier molecular flexibility index (Phi) is 3.56. The van der Waals surface area contributed by atoms with E-state index in [4.69, 9.17) is 0 Å². The zero-order chi connectivity index (χ0) is 13.2. The molecule has 0 radical (unpaired) electrons. The highest BCUT2D eigenvalue weighted by atomic mass is 16.3. The molecule has 2 atom stereocenters. The van der Waals surface area contributed by atoms with Gasteiger partial charge in [0.1, 0.15) is 0 Å². The minimum absolute atomic E-state index is 0.0303. The molecule has 2 unspecified atom stereocenters. The Bertz CT molecular complexity index is 472. The number of amides is 1. The number of aliphatic hydroxyl groups excluding tert-OH is 1. The first-order chi connectivity index (χ1) is 9.31. The van der Waals surface area contributed by atoms with Gasteiger partial charge in [0.15, 0.2) is 0 Å². The first-order valence-electron chi connectivity index (χ1n) is 7.30. The summed E-state index contributed by atoms with van der Waals surface area (Å²) >= 11 is 0. The average Bonchev–Trinajstić information content (AvgIpc) is 2.65. The monoisotopic (exact) mass is 259 g/mol. The lowest BCUT2D eigenvalue weighted by Gasteiger charge is -2.36. The van der Waals surface area contributed by atoms with Crippen LogP contribution in [0.2, 0.25) is 0 Å². The van der Waals surface area contributed by atoms with Crippen LogP contribution in [0.1, 0.15) is 42.7 Å². The van der Waals surface area contributed by atoms with Crippen LogP contribution < -0.4 is 0 Å². The lowest BCUT2D eigenvalue weighted by Crippen LogP contribution is -2.46. The van der Waals surface area contributed by atoms with Crippen LogP contribution in [-0.2, 0) is 11.2 Å². The number of fused-ring (bicyclic) bond motifs is 1. The van der Waals surface area contributed by atoms with E-state index in [-0.39, 0.29) is 24.5 Å². The van der Waals surface area contributed by atoms with E-state index in [1.165, 1.54) is 17.5 Å². The number of carbonyl (C=O) groups is 1. The standard InChI is InChI=1S/C16H21NO2/c18-11-13-7-2-1-5-9-17(13)16(19)15-10-12-6-3-4-8-14(12)15/h3-4,6,8,13,15,18H,1-2,5,7,9-11H2. The van der Waals surface area contributed by atoms with Gasteiger partial charge in [-0.05, 0) is 30.4 Å². The third kappa shape index (κ3) is 2.27. The van der Waals surface area contributed by atoms with Crippen molar-refractivity contribution in [2.45, 2.75) is 44.1 Å². The smallest absolute Gasteiger partial charge is 0.230 e. The van der Waals surface area contributed by atoms with Crippen molar-refractivity contribution >= 4 is 5.91 Å². The van der Waals surface area contributed by atoms with Gasteiger partial charge in [-0.3, -0.25) is 4.79 Å². The van der Waals surface area contributed by atoms with E-state index >= 15 is 0 Å². The van der Waals surface area contributed by atoms with Gasteiger partial charge in [0.05, 0.1) is 18.6 Å². The largest absolute Gasteiger partial charge is 0.394 e. The summed E-state index contributed by atoms with van der Waals surface area (Å²) in [6.45, 7) is 0.906. The molecule has 1 aliphatic heterocycles. The summed E-state index contributed by atoms with van der Waals surface area (Å²) in [5.74, 6) is 0.253. The van der Waals surface area contributed by atoms with Crippen molar-refractivity contribution in [3.05, 3.63) is 35.4 Å². The van der Waals surface area contributed by atoms with Crippen molar-refractivity contribution in [1.82, 2.24) is 4.90 Å². The Morgan fingerprint density at radius 1 is 1.26 bits per heavy atom. The van der Waals surface area contributed by atoms with E-state index in [2.05, 4.69) is 12.1 Å². The summed E-state index contributed by atoms with van der Waals surface area (Å²) in [5.41, 5.74) is 2.49. The molecule has 0 saturated carbocycles. The van der Waals surface area contributed by atoms with Gasteiger partial charge < -0.3 is 10.0 Å². The molecule has 0 bridgehead atoms. The van der Waals surface area contributed by atoms with Gasteiger partial charge in [-0.15, -0.1) is 0 Å². The maximum absolute atomic E-state index is 12.7. The molecule has 1 fully saturated rings. The Hall–Kier alpha value is -1.35. The molecular formula is C16H21NO2. The molecular weight excluding hydrogens is 238 g/mol. The third-order valence-corrected chi connectivity index (χ3v) is 4.52. The minimum atomic E-state index is 0.0303. The van der Waals surface area contributed by atoms with Gasteiger partial charge in [0.2, 0.25) is 5.91 Å². The van der Waals surface area contributed by atoms with Crippen LogP contribution >= 0.6 is 0 Å².